The predicted octanol–water partition coefficient (Wildman–Crippen LogP) is 2.72. The molecule has 1 spiro atoms. The monoisotopic (exact) mass is 301 g/mol. The number of amides is 1. The Morgan fingerprint density at radius 3 is 2.59 bits per heavy atom. The number of benzene rings is 1. The summed E-state index contributed by atoms with van der Waals surface area (Å²) in [7, 11) is 0. The summed E-state index contributed by atoms with van der Waals surface area (Å²) >= 11 is 0. The van der Waals surface area contributed by atoms with Gasteiger partial charge in [-0.1, -0.05) is 12.1 Å². The molecule has 2 aliphatic heterocycles. The molecule has 3 heterocycles. The van der Waals surface area contributed by atoms with Gasteiger partial charge in [0.05, 0.1) is 13.2 Å². The van der Waals surface area contributed by atoms with Crippen LogP contribution in [0.1, 0.15) is 29.0 Å². The second-order valence-corrected chi connectivity index (χ2v) is 6.05. The van der Waals surface area contributed by atoms with E-state index in [2.05, 4.69) is 0 Å². The molecular formula is C17H19NO4. The van der Waals surface area contributed by atoms with Crippen LogP contribution >= 0.6 is 0 Å². The number of ether oxygens (including phenoxy) is 2. The molecule has 0 saturated carbocycles. The summed E-state index contributed by atoms with van der Waals surface area (Å²) in [6.45, 7) is 4.58. The fraction of sp³-hybridized carbons (Fsp3) is 0.471. The molecule has 5 heteroatoms. The molecule has 22 heavy (non-hydrogen) atoms. The second kappa shape index (κ2) is 5.11. The Bertz CT molecular complexity index is 705. The maximum absolute atomic E-state index is 12.6. The van der Waals surface area contributed by atoms with Gasteiger partial charge in [0, 0.05) is 31.3 Å². The molecule has 1 aromatic carbocycles. The van der Waals surface area contributed by atoms with Crippen LogP contribution in [-0.2, 0) is 9.47 Å². The van der Waals surface area contributed by atoms with Crippen molar-refractivity contribution in [3.05, 3.63) is 35.6 Å². The number of furan rings is 1. The van der Waals surface area contributed by atoms with Crippen molar-refractivity contribution in [2.75, 3.05) is 26.3 Å². The number of hydrogen-bond donors (Lipinski definition) is 0. The predicted molar refractivity (Wildman–Crippen MR) is 80.7 cm³/mol. The Labute approximate surface area is 128 Å². The number of carbonyl (C=O) groups is 1. The fourth-order valence-electron chi connectivity index (χ4n) is 3.24. The van der Waals surface area contributed by atoms with Crippen LogP contribution in [0.5, 0.6) is 0 Å². The smallest absolute Gasteiger partial charge is 0.289 e. The van der Waals surface area contributed by atoms with Crippen LogP contribution in [0.2, 0.25) is 0 Å². The summed E-state index contributed by atoms with van der Waals surface area (Å²) in [5.41, 5.74) is 1.88. The highest BCUT2D eigenvalue weighted by Crippen LogP contribution is 2.32. The zero-order valence-corrected chi connectivity index (χ0v) is 12.6. The number of likely N-dealkylation sites (tertiary alicyclic amines) is 1. The number of rotatable bonds is 1. The quantitative estimate of drug-likeness (QED) is 0.812. The Morgan fingerprint density at radius 2 is 1.86 bits per heavy atom. The number of carbonyl (C=O) groups excluding carboxylic acids is 1. The summed E-state index contributed by atoms with van der Waals surface area (Å²) in [4.78, 5) is 14.4. The van der Waals surface area contributed by atoms with Crippen LogP contribution in [0.15, 0.2) is 28.7 Å². The molecule has 0 N–H and O–H groups in total. The lowest BCUT2D eigenvalue weighted by molar-refractivity contribution is -0.181. The summed E-state index contributed by atoms with van der Waals surface area (Å²) in [6, 6.07) is 7.78. The van der Waals surface area contributed by atoms with Crippen molar-refractivity contribution in [2.24, 2.45) is 0 Å². The van der Waals surface area contributed by atoms with E-state index < -0.39 is 5.79 Å². The minimum atomic E-state index is -0.457. The average Bonchev–Trinajstić information content (AvgIpc) is 3.14. The highest BCUT2D eigenvalue weighted by molar-refractivity contribution is 5.96. The number of nitrogens with zero attached hydrogens (tertiary/aromatic N) is 1. The van der Waals surface area contributed by atoms with E-state index in [1.165, 1.54) is 0 Å². The van der Waals surface area contributed by atoms with Crippen molar-refractivity contribution in [1.82, 2.24) is 4.90 Å². The Balaban J connectivity index is 1.51. The number of fused-ring (bicyclic) bond motifs is 1. The van der Waals surface area contributed by atoms with Gasteiger partial charge in [0.2, 0.25) is 0 Å². The normalized spacial score (nSPS) is 20.9. The highest BCUT2D eigenvalue weighted by atomic mass is 16.7. The van der Waals surface area contributed by atoms with Crippen LogP contribution < -0.4 is 0 Å². The average molecular weight is 301 g/mol. The molecule has 2 fully saturated rings. The molecule has 2 aromatic rings. The third-order valence-corrected chi connectivity index (χ3v) is 4.51. The van der Waals surface area contributed by atoms with Gasteiger partial charge in [-0.25, -0.2) is 0 Å². The molecule has 1 aromatic heterocycles. The SMILES string of the molecule is Cc1ccc2cc(C(=O)N3CCC4(CC3)OCCO4)oc2c1. The Hall–Kier alpha value is -1.85. The van der Waals surface area contributed by atoms with Gasteiger partial charge in [0.15, 0.2) is 11.5 Å². The lowest BCUT2D eigenvalue weighted by Gasteiger charge is -2.37. The maximum Gasteiger partial charge on any atom is 0.289 e. The maximum atomic E-state index is 12.6. The Morgan fingerprint density at radius 1 is 1.14 bits per heavy atom. The van der Waals surface area contributed by atoms with E-state index in [1.807, 2.05) is 36.1 Å². The second-order valence-electron chi connectivity index (χ2n) is 6.05. The van der Waals surface area contributed by atoms with Crippen molar-refractivity contribution in [3.8, 4) is 0 Å². The molecule has 4 rings (SSSR count). The number of hydrogen-bond acceptors (Lipinski definition) is 4. The lowest BCUT2D eigenvalue weighted by atomic mass is 10.0. The van der Waals surface area contributed by atoms with Crippen LogP contribution in [0.3, 0.4) is 0 Å². The first-order valence-corrected chi connectivity index (χ1v) is 7.73. The molecule has 1 amide bonds. The van der Waals surface area contributed by atoms with Gasteiger partial charge in [-0.15, -0.1) is 0 Å². The summed E-state index contributed by atoms with van der Waals surface area (Å²) in [6.07, 6.45) is 1.44. The van der Waals surface area contributed by atoms with Gasteiger partial charge in [-0.05, 0) is 24.6 Å². The number of piperidine rings is 1. The minimum absolute atomic E-state index is 0.0540. The van der Waals surface area contributed by atoms with Crippen LogP contribution in [0, 0.1) is 6.92 Å². The summed E-state index contributed by atoms with van der Waals surface area (Å²) in [5.74, 6) is -0.103. The van der Waals surface area contributed by atoms with E-state index >= 15 is 0 Å². The van der Waals surface area contributed by atoms with E-state index in [0.29, 0.717) is 32.1 Å². The standard InChI is InChI=1S/C17H19NO4/c1-12-2-3-13-11-15(22-14(13)10-12)16(19)18-6-4-17(5-7-18)20-8-9-21-17/h2-3,10-11H,4-9H2,1H3. The van der Waals surface area contributed by atoms with Crippen molar-refractivity contribution >= 4 is 16.9 Å². The van der Waals surface area contributed by atoms with Gasteiger partial charge in [-0.3, -0.25) is 4.79 Å². The first kappa shape index (κ1) is 13.8. The van der Waals surface area contributed by atoms with Crippen LogP contribution in [-0.4, -0.2) is 42.9 Å². The highest BCUT2D eigenvalue weighted by Gasteiger charge is 2.41. The van der Waals surface area contributed by atoms with Gasteiger partial charge >= 0.3 is 0 Å². The first-order valence-electron chi connectivity index (χ1n) is 7.73. The molecule has 0 aliphatic carbocycles. The molecule has 2 aliphatic rings. The van der Waals surface area contributed by atoms with E-state index in [9.17, 15) is 4.79 Å². The zero-order chi connectivity index (χ0) is 15.2. The fourth-order valence-corrected chi connectivity index (χ4v) is 3.24. The summed E-state index contributed by atoms with van der Waals surface area (Å²) in [5, 5.41) is 0.963. The van der Waals surface area contributed by atoms with Gasteiger partial charge in [0.25, 0.3) is 5.91 Å². The van der Waals surface area contributed by atoms with Crippen molar-refractivity contribution < 1.29 is 18.7 Å². The molecule has 0 atom stereocenters. The van der Waals surface area contributed by atoms with E-state index in [0.717, 1.165) is 29.4 Å². The third kappa shape index (κ3) is 2.30. The van der Waals surface area contributed by atoms with Crippen LogP contribution in [0.4, 0.5) is 0 Å². The third-order valence-electron chi connectivity index (χ3n) is 4.51. The van der Waals surface area contributed by atoms with E-state index in [4.69, 9.17) is 13.9 Å². The van der Waals surface area contributed by atoms with Crippen molar-refractivity contribution in [1.29, 1.82) is 0 Å². The lowest BCUT2D eigenvalue weighted by Crippen LogP contribution is -2.47. The molecule has 0 radical (unpaired) electrons. The van der Waals surface area contributed by atoms with Gasteiger partial charge < -0.3 is 18.8 Å². The first-order chi connectivity index (χ1) is 10.7. The molecule has 0 bridgehead atoms. The molecule has 5 nitrogen and oxygen atoms in total. The van der Waals surface area contributed by atoms with Gasteiger partial charge in [-0.2, -0.15) is 0 Å². The van der Waals surface area contributed by atoms with Crippen LogP contribution in [0.25, 0.3) is 11.0 Å². The van der Waals surface area contributed by atoms with Gasteiger partial charge in [0.1, 0.15) is 5.58 Å². The molecule has 116 valence electrons. The number of aryl methyl sites for hydroxylation is 1. The van der Waals surface area contributed by atoms with E-state index in [-0.39, 0.29) is 5.91 Å². The zero-order valence-electron chi connectivity index (χ0n) is 12.6. The minimum Gasteiger partial charge on any atom is -0.451 e. The Kier molecular flexibility index (Phi) is 3.20. The molecular weight excluding hydrogens is 282 g/mol. The van der Waals surface area contributed by atoms with E-state index in [1.54, 1.807) is 0 Å². The molecule has 2 saturated heterocycles. The van der Waals surface area contributed by atoms with Crippen molar-refractivity contribution in [2.45, 2.75) is 25.6 Å². The van der Waals surface area contributed by atoms with Crippen molar-refractivity contribution in [3.63, 3.8) is 0 Å². The largest absolute Gasteiger partial charge is 0.451 e. The molecule has 0 unspecified atom stereocenters. The topological polar surface area (TPSA) is 51.9 Å². The summed E-state index contributed by atoms with van der Waals surface area (Å²) < 4.78 is 17.1.